The van der Waals surface area contributed by atoms with Gasteiger partial charge in [-0.25, -0.2) is 0 Å². The number of rotatable bonds is 5. The van der Waals surface area contributed by atoms with Crippen LogP contribution < -0.4 is 0 Å². The number of aliphatic carboxylic acids is 1. The molecule has 2 saturated heterocycles. The molecule has 0 bridgehead atoms. The van der Waals surface area contributed by atoms with E-state index >= 15 is 0 Å². The zero-order chi connectivity index (χ0) is 19.2. The Hall–Kier alpha value is -2.41. The second-order valence-corrected chi connectivity index (χ2v) is 7.06. The predicted molar refractivity (Wildman–Crippen MR) is 98.7 cm³/mol. The molecule has 0 aromatic heterocycles. The maximum atomic E-state index is 12.9. The van der Waals surface area contributed by atoms with Crippen molar-refractivity contribution in [3.63, 3.8) is 0 Å². The molecule has 146 valence electrons. The third-order valence-electron chi connectivity index (χ3n) is 5.26. The van der Waals surface area contributed by atoms with E-state index in [1.807, 2.05) is 0 Å². The number of benzene rings is 1. The molecule has 2 heterocycles. The van der Waals surface area contributed by atoms with Crippen LogP contribution in [0.2, 0.25) is 0 Å². The molecular weight excluding hydrogens is 348 g/mol. The van der Waals surface area contributed by atoms with Crippen LogP contribution in [0.1, 0.15) is 52.8 Å². The highest BCUT2D eigenvalue weighted by Crippen LogP contribution is 2.23. The van der Waals surface area contributed by atoms with Crippen molar-refractivity contribution in [2.24, 2.45) is 0 Å². The number of carbonyl (C=O) groups is 3. The van der Waals surface area contributed by atoms with Crippen LogP contribution in [-0.4, -0.2) is 71.6 Å². The first-order valence-corrected chi connectivity index (χ1v) is 9.56. The van der Waals surface area contributed by atoms with Crippen molar-refractivity contribution >= 4 is 17.8 Å². The van der Waals surface area contributed by atoms with Gasteiger partial charge in [-0.1, -0.05) is 0 Å². The Kier molecular flexibility index (Phi) is 6.45. The minimum absolute atomic E-state index is 0.0305. The molecule has 1 N–H and O–H groups in total. The van der Waals surface area contributed by atoms with Crippen LogP contribution in [0.4, 0.5) is 0 Å². The summed E-state index contributed by atoms with van der Waals surface area (Å²) in [6, 6.07) is 6.75. The lowest BCUT2D eigenvalue weighted by Gasteiger charge is -2.35. The molecule has 2 aliphatic rings. The van der Waals surface area contributed by atoms with Crippen LogP contribution in [0.5, 0.6) is 0 Å². The highest BCUT2D eigenvalue weighted by atomic mass is 16.5. The molecule has 2 amide bonds. The molecule has 0 aliphatic carbocycles. The first-order chi connectivity index (χ1) is 13.1. The number of ether oxygens (including phenoxy) is 1. The van der Waals surface area contributed by atoms with E-state index in [1.54, 1.807) is 34.1 Å². The summed E-state index contributed by atoms with van der Waals surface area (Å²) in [5.41, 5.74) is 1.10. The van der Waals surface area contributed by atoms with E-state index in [0.717, 1.165) is 19.3 Å². The summed E-state index contributed by atoms with van der Waals surface area (Å²) in [6.45, 7) is 2.92. The van der Waals surface area contributed by atoms with Crippen LogP contribution in [0.15, 0.2) is 24.3 Å². The predicted octanol–water partition coefficient (Wildman–Crippen LogP) is 2.02. The van der Waals surface area contributed by atoms with Gasteiger partial charge in [0.15, 0.2) is 0 Å². The average molecular weight is 374 g/mol. The van der Waals surface area contributed by atoms with E-state index in [-0.39, 0.29) is 24.3 Å². The Balaban J connectivity index is 1.66. The van der Waals surface area contributed by atoms with Crippen molar-refractivity contribution in [2.45, 2.75) is 38.1 Å². The van der Waals surface area contributed by atoms with Crippen molar-refractivity contribution in [3.05, 3.63) is 35.4 Å². The van der Waals surface area contributed by atoms with Gasteiger partial charge in [-0.2, -0.15) is 0 Å². The first-order valence-electron chi connectivity index (χ1n) is 9.56. The standard InChI is InChI=1S/C20H26N2O5/c23-18(24)9-8-17-3-1-2-10-22(17)20(26)16-6-4-15(5-7-16)19(25)21-11-13-27-14-12-21/h4-7,17H,1-3,8-14H2,(H,23,24). The van der Waals surface area contributed by atoms with Gasteiger partial charge >= 0.3 is 5.97 Å². The molecular formula is C20H26N2O5. The lowest BCUT2D eigenvalue weighted by atomic mass is 9.96. The number of morpholine rings is 1. The van der Waals surface area contributed by atoms with Crippen molar-refractivity contribution in [3.8, 4) is 0 Å². The fraction of sp³-hybridized carbons (Fsp3) is 0.550. The topological polar surface area (TPSA) is 87.2 Å². The summed E-state index contributed by atoms with van der Waals surface area (Å²) in [6.07, 6.45) is 3.34. The van der Waals surface area contributed by atoms with E-state index in [4.69, 9.17) is 9.84 Å². The molecule has 7 nitrogen and oxygen atoms in total. The van der Waals surface area contributed by atoms with Crippen LogP contribution in [0.3, 0.4) is 0 Å². The Morgan fingerprint density at radius 2 is 1.59 bits per heavy atom. The maximum absolute atomic E-state index is 12.9. The largest absolute Gasteiger partial charge is 0.481 e. The van der Waals surface area contributed by atoms with E-state index in [2.05, 4.69) is 0 Å². The molecule has 1 atom stereocenters. The smallest absolute Gasteiger partial charge is 0.303 e. The van der Waals surface area contributed by atoms with E-state index < -0.39 is 5.97 Å². The molecule has 0 saturated carbocycles. The molecule has 0 spiro atoms. The molecule has 1 unspecified atom stereocenters. The van der Waals surface area contributed by atoms with Crippen molar-refractivity contribution in [2.75, 3.05) is 32.8 Å². The second kappa shape index (κ2) is 8.99. The van der Waals surface area contributed by atoms with Gasteiger partial charge in [-0.15, -0.1) is 0 Å². The maximum Gasteiger partial charge on any atom is 0.303 e. The number of hydrogen-bond acceptors (Lipinski definition) is 4. The number of piperidine rings is 1. The normalized spacial score (nSPS) is 20.4. The highest BCUT2D eigenvalue weighted by molar-refractivity contribution is 5.98. The summed E-state index contributed by atoms with van der Waals surface area (Å²) < 4.78 is 5.27. The fourth-order valence-corrected chi connectivity index (χ4v) is 3.73. The van der Waals surface area contributed by atoms with Gasteiger partial charge in [-0.3, -0.25) is 14.4 Å². The van der Waals surface area contributed by atoms with Crippen molar-refractivity contribution < 1.29 is 24.2 Å². The number of likely N-dealkylation sites (tertiary alicyclic amines) is 1. The summed E-state index contributed by atoms with van der Waals surface area (Å²) in [4.78, 5) is 39.8. The molecule has 2 fully saturated rings. The second-order valence-electron chi connectivity index (χ2n) is 7.06. The van der Waals surface area contributed by atoms with Crippen LogP contribution in [0.25, 0.3) is 0 Å². The Morgan fingerprint density at radius 3 is 2.22 bits per heavy atom. The van der Waals surface area contributed by atoms with Crippen LogP contribution in [-0.2, 0) is 9.53 Å². The van der Waals surface area contributed by atoms with Gasteiger partial charge in [-0.05, 0) is 49.9 Å². The molecule has 2 aliphatic heterocycles. The third-order valence-corrected chi connectivity index (χ3v) is 5.26. The molecule has 1 aromatic carbocycles. The Labute approximate surface area is 158 Å². The number of carboxylic acid groups (broad SMARTS) is 1. The van der Waals surface area contributed by atoms with E-state index in [0.29, 0.717) is 50.4 Å². The molecule has 3 rings (SSSR count). The lowest BCUT2D eigenvalue weighted by molar-refractivity contribution is -0.137. The Morgan fingerprint density at radius 1 is 0.963 bits per heavy atom. The van der Waals surface area contributed by atoms with Crippen molar-refractivity contribution in [1.29, 1.82) is 0 Å². The minimum Gasteiger partial charge on any atom is -0.481 e. The Bertz CT molecular complexity index is 682. The highest BCUT2D eigenvalue weighted by Gasteiger charge is 2.28. The van der Waals surface area contributed by atoms with Gasteiger partial charge in [0.25, 0.3) is 11.8 Å². The number of nitrogens with zero attached hydrogens (tertiary/aromatic N) is 2. The fourth-order valence-electron chi connectivity index (χ4n) is 3.73. The first kappa shape index (κ1) is 19.4. The van der Waals surface area contributed by atoms with Gasteiger partial charge in [0, 0.05) is 43.2 Å². The summed E-state index contributed by atoms with van der Waals surface area (Å²) in [5.74, 6) is -0.969. The monoisotopic (exact) mass is 374 g/mol. The zero-order valence-electron chi connectivity index (χ0n) is 15.4. The number of amides is 2. The molecule has 0 radical (unpaired) electrons. The van der Waals surface area contributed by atoms with Gasteiger partial charge in [0.2, 0.25) is 0 Å². The van der Waals surface area contributed by atoms with Gasteiger partial charge in [0.1, 0.15) is 0 Å². The van der Waals surface area contributed by atoms with Crippen LogP contribution in [0, 0.1) is 0 Å². The van der Waals surface area contributed by atoms with Crippen molar-refractivity contribution in [1.82, 2.24) is 9.80 Å². The number of carboxylic acids is 1. The summed E-state index contributed by atoms with van der Waals surface area (Å²) in [7, 11) is 0. The number of hydrogen-bond donors (Lipinski definition) is 1. The quantitative estimate of drug-likeness (QED) is 0.852. The SMILES string of the molecule is O=C(O)CCC1CCCCN1C(=O)c1ccc(C(=O)N2CCOCC2)cc1. The van der Waals surface area contributed by atoms with Crippen LogP contribution >= 0.6 is 0 Å². The molecule has 1 aromatic rings. The van der Waals surface area contributed by atoms with E-state index in [1.165, 1.54) is 0 Å². The number of carbonyl (C=O) groups excluding carboxylic acids is 2. The molecule has 7 heteroatoms. The van der Waals surface area contributed by atoms with E-state index in [9.17, 15) is 14.4 Å². The van der Waals surface area contributed by atoms with Gasteiger partial charge < -0.3 is 19.6 Å². The average Bonchev–Trinajstić information content (AvgIpc) is 2.72. The molecule has 27 heavy (non-hydrogen) atoms. The third kappa shape index (κ3) is 4.86. The minimum atomic E-state index is -0.834. The zero-order valence-corrected chi connectivity index (χ0v) is 15.4. The van der Waals surface area contributed by atoms with Gasteiger partial charge in [0.05, 0.1) is 13.2 Å². The summed E-state index contributed by atoms with van der Waals surface area (Å²) >= 11 is 0. The lowest BCUT2D eigenvalue weighted by Crippen LogP contribution is -2.44. The summed E-state index contributed by atoms with van der Waals surface area (Å²) in [5, 5.41) is 8.93.